The molecular weight excluding hydrogens is 350 g/mol. The van der Waals surface area contributed by atoms with Gasteiger partial charge in [0, 0.05) is 13.0 Å². The number of aryl methyl sites for hydroxylation is 1. The molecule has 0 radical (unpaired) electrons. The SMILES string of the molecule is [2H]c1c(C)[n+](C)c(-c2cc3c(cc2C)C2CCC3CC2)c2ccc(CC(C)C)cc12. The molecule has 150 valence electrons. The first-order chi connectivity index (χ1) is 14.3. The zero-order valence-electron chi connectivity index (χ0n) is 19.6. The maximum absolute atomic E-state index is 8.82. The number of fused-ring (bicyclic) bond motifs is 3. The number of hydrogen-bond donors (Lipinski definition) is 0. The highest BCUT2D eigenvalue weighted by molar-refractivity contribution is 5.94. The Morgan fingerprint density at radius 2 is 1.66 bits per heavy atom. The van der Waals surface area contributed by atoms with Gasteiger partial charge in [0.05, 0.1) is 12.3 Å². The van der Waals surface area contributed by atoms with Gasteiger partial charge >= 0.3 is 0 Å². The second-order valence-electron chi connectivity index (χ2n) is 9.94. The third-order valence-electron chi connectivity index (χ3n) is 7.43. The van der Waals surface area contributed by atoms with Crippen LogP contribution in [0.1, 0.15) is 80.7 Å². The summed E-state index contributed by atoms with van der Waals surface area (Å²) in [5.74, 6) is 2.14. The molecule has 0 amide bonds. The molecule has 3 aliphatic rings. The summed E-state index contributed by atoms with van der Waals surface area (Å²) in [5, 5.41) is 2.31. The van der Waals surface area contributed by atoms with E-state index in [4.69, 9.17) is 1.37 Å². The fourth-order valence-corrected chi connectivity index (χ4v) is 5.88. The van der Waals surface area contributed by atoms with E-state index in [0.29, 0.717) is 12.0 Å². The van der Waals surface area contributed by atoms with E-state index in [1.54, 1.807) is 11.1 Å². The van der Waals surface area contributed by atoms with Crippen LogP contribution in [0, 0.1) is 19.8 Å². The molecule has 2 bridgehead atoms. The minimum absolute atomic E-state index is 0.621. The molecule has 1 fully saturated rings. The molecule has 0 aliphatic heterocycles. The van der Waals surface area contributed by atoms with Gasteiger partial charge in [0.2, 0.25) is 5.69 Å². The lowest BCUT2D eigenvalue weighted by Gasteiger charge is -2.38. The molecule has 1 nitrogen and oxygen atoms in total. The summed E-state index contributed by atoms with van der Waals surface area (Å²) in [6.45, 7) is 8.90. The van der Waals surface area contributed by atoms with Crippen LogP contribution >= 0.6 is 0 Å². The van der Waals surface area contributed by atoms with Crippen LogP contribution in [0.3, 0.4) is 0 Å². The maximum atomic E-state index is 8.82. The van der Waals surface area contributed by atoms with Crippen molar-refractivity contribution in [1.82, 2.24) is 0 Å². The highest BCUT2D eigenvalue weighted by atomic mass is 14.9. The van der Waals surface area contributed by atoms with Crippen molar-refractivity contribution >= 4 is 10.8 Å². The lowest BCUT2D eigenvalue weighted by molar-refractivity contribution is -0.665. The lowest BCUT2D eigenvalue weighted by atomic mass is 9.66. The van der Waals surface area contributed by atoms with Crippen LogP contribution in [0.25, 0.3) is 22.0 Å². The summed E-state index contributed by atoms with van der Waals surface area (Å²) >= 11 is 0. The lowest BCUT2D eigenvalue weighted by Crippen LogP contribution is -2.35. The Morgan fingerprint density at radius 3 is 2.31 bits per heavy atom. The van der Waals surface area contributed by atoms with Gasteiger partial charge in [-0.05, 0) is 96.6 Å². The average molecular weight is 386 g/mol. The number of rotatable bonds is 3. The maximum Gasteiger partial charge on any atom is 0.220 e. The normalized spacial score (nSPS) is 21.0. The van der Waals surface area contributed by atoms with Crippen molar-refractivity contribution in [1.29, 1.82) is 0 Å². The molecule has 0 saturated heterocycles. The molecule has 6 rings (SSSR count). The third-order valence-corrected chi connectivity index (χ3v) is 7.43. The Hall–Kier alpha value is -2.15. The second-order valence-corrected chi connectivity index (χ2v) is 9.94. The van der Waals surface area contributed by atoms with Gasteiger partial charge in [-0.2, -0.15) is 4.57 Å². The Kier molecular flexibility index (Phi) is 4.25. The monoisotopic (exact) mass is 385 g/mol. The van der Waals surface area contributed by atoms with Crippen molar-refractivity contribution in [3.63, 3.8) is 0 Å². The van der Waals surface area contributed by atoms with Gasteiger partial charge in [-0.15, -0.1) is 0 Å². The topological polar surface area (TPSA) is 3.88 Å². The Morgan fingerprint density at radius 1 is 1.00 bits per heavy atom. The van der Waals surface area contributed by atoms with Crippen LogP contribution in [-0.4, -0.2) is 0 Å². The van der Waals surface area contributed by atoms with E-state index in [9.17, 15) is 0 Å². The molecule has 1 aromatic heterocycles. The van der Waals surface area contributed by atoms with Crippen molar-refractivity contribution in [2.45, 2.75) is 71.6 Å². The van der Waals surface area contributed by atoms with Crippen molar-refractivity contribution < 1.29 is 5.94 Å². The van der Waals surface area contributed by atoms with Gasteiger partial charge in [0.1, 0.15) is 7.05 Å². The molecule has 3 aromatic rings. The number of benzene rings is 2. The molecule has 29 heavy (non-hydrogen) atoms. The predicted molar refractivity (Wildman–Crippen MR) is 123 cm³/mol. The van der Waals surface area contributed by atoms with E-state index in [0.717, 1.165) is 29.3 Å². The molecule has 3 aliphatic carbocycles. The summed E-state index contributed by atoms with van der Waals surface area (Å²) in [4.78, 5) is 0. The van der Waals surface area contributed by atoms with E-state index in [-0.39, 0.29) is 0 Å². The molecule has 0 unspecified atom stereocenters. The average Bonchev–Trinajstić information content (AvgIpc) is 2.73. The Balaban J connectivity index is 1.76. The molecule has 1 heterocycles. The standard InChI is InChI=1S/C28H34N/c1-17(2)12-20-6-11-24-23(15-20)14-19(4)29(5)28(24)25-16-27-22-9-7-21(8-10-22)26(27)13-18(25)3/h6,11,13-17,21-22H,7-10,12H2,1-5H3/q+1/i14D. The fraction of sp³-hybridized carbons (Fsp3) is 0.464. The molecule has 0 spiro atoms. The fourth-order valence-electron chi connectivity index (χ4n) is 5.88. The zero-order chi connectivity index (χ0) is 21.2. The van der Waals surface area contributed by atoms with Gasteiger partial charge in [-0.3, -0.25) is 0 Å². The first-order valence-electron chi connectivity index (χ1n) is 11.9. The van der Waals surface area contributed by atoms with Crippen molar-refractivity contribution in [3.05, 3.63) is 64.3 Å². The first kappa shape index (κ1) is 17.7. The van der Waals surface area contributed by atoms with E-state index >= 15 is 0 Å². The van der Waals surface area contributed by atoms with Gasteiger partial charge in [-0.25, -0.2) is 0 Å². The first-order valence-corrected chi connectivity index (χ1v) is 11.4. The summed E-state index contributed by atoms with van der Waals surface area (Å²) in [5.41, 5.74) is 9.61. The smallest absolute Gasteiger partial charge is 0.198 e. The van der Waals surface area contributed by atoms with Crippen LogP contribution in [0.2, 0.25) is 0 Å². The molecule has 0 N–H and O–H groups in total. The van der Waals surface area contributed by atoms with E-state index in [1.807, 2.05) is 0 Å². The van der Waals surface area contributed by atoms with Gasteiger partial charge in [-0.1, -0.05) is 32.0 Å². The minimum atomic E-state index is 0.621. The number of nitrogens with zero attached hydrogens (tertiary/aromatic N) is 1. The minimum Gasteiger partial charge on any atom is -0.198 e. The van der Waals surface area contributed by atoms with Crippen LogP contribution < -0.4 is 4.57 Å². The van der Waals surface area contributed by atoms with Crippen molar-refractivity contribution in [2.24, 2.45) is 13.0 Å². The molecule has 0 atom stereocenters. The Bertz CT molecular complexity index is 1150. The molecule has 2 aromatic carbocycles. The predicted octanol–water partition coefficient (Wildman–Crippen LogP) is 6.90. The number of pyridine rings is 1. The summed E-state index contributed by atoms with van der Waals surface area (Å²) in [7, 11) is 2.13. The van der Waals surface area contributed by atoms with Gasteiger partial charge in [0.15, 0.2) is 5.69 Å². The van der Waals surface area contributed by atoms with Crippen LogP contribution in [-0.2, 0) is 13.5 Å². The summed E-state index contributed by atoms with van der Waals surface area (Å²) in [6.07, 6.45) is 6.52. The van der Waals surface area contributed by atoms with Crippen LogP contribution in [0.4, 0.5) is 0 Å². The van der Waals surface area contributed by atoms with E-state index < -0.39 is 0 Å². The largest absolute Gasteiger partial charge is 0.220 e. The highest BCUT2D eigenvalue weighted by Crippen LogP contribution is 2.50. The Labute approximate surface area is 177 Å². The van der Waals surface area contributed by atoms with Crippen molar-refractivity contribution in [2.75, 3.05) is 0 Å². The highest BCUT2D eigenvalue weighted by Gasteiger charge is 2.34. The third kappa shape index (κ3) is 3.10. The van der Waals surface area contributed by atoms with Crippen molar-refractivity contribution in [3.8, 4) is 11.3 Å². The second kappa shape index (κ2) is 6.97. The van der Waals surface area contributed by atoms with E-state index in [2.05, 4.69) is 69.6 Å². The summed E-state index contributed by atoms with van der Waals surface area (Å²) in [6, 6.07) is 12.5. The molecule has 1 heteroatoms. The van der Waals surface area contributed by atoms with Crippen LogP contribution in [0.15, 0.2) is 36.4 Å². The quantitative estimate of drug-likeness (QED) is 0.432. The van der Waals surface area contributed by atoms with Gasteiger partial charge < -0.3 is 0 Å². The molecule has 1 saturated carbocycles. The van der Waals surface area contributed by atoms with Crippen LogP contribution in [0.5, 0.6) is 0 Å². The van der Waals surface area contributed by atoms with E-state index in [1.165, 1.54) is 53.5 Å². The van der Waals surface area contributed by atoms with Gasteiger partial charge in [0.25, 0.3) is 0 Å². The summed E-state index contributed by atoms with van der Waals surface area (Å²) < 4.78 is 11.1. The molecular formula is C28H34N+. The zero-order valence-corrected chi connectivity index (χ0v) is 18.6. The number of hydrogen-bond acceptors (Lipinski definition) is 0. The number of aromatic nitrogens is 1.